The van der Waals surface area contributed by atoms with Gasteiger partial charge in [0, 0.05) is 19.6 Å². The molecule has 1 N–H and O–H groups in total. The molecule has 0 aromatic heterocycles. The second kappa shape index (κ2) is 7.22. The van der Waals surface area contributed by atoms with Crippen LogP contribution in [0.4, 0.5) is 10.1 Å². The predicted molar refractivity (Wildman–Crippen MR) is 83.9 cm³/mol. The largest absolute Gasteiger partial charge is 0.368 e. The fourth-order valence-corrected chi connectivity index (χ4v) is 3.78. The molecule has 1 aromatic rings. The number of halogens is 1. The van der Waals surface area contributed by atoms with Crippen LogP contribution in [0.2, 0.25) is 0 Å². The van der Waals surface area contributed by atoms with Crippen molar-refractivity contribution in [1.82, 2.24) is 5.32 Å². The van der Waals surface area contributed by atoms with Crippen LogP contribution in [0.1, 0.15) is 25.3 Å². The zero-order valence-corrected chi connectivity index (χ0v) is 13.3. The highest BCUT2D eigenvalue weighted by Gasteiger charge is 2.21. The van der Waals surface area contributed by atoms with E-state index < -0.39 is 9.84 Å². The molecule has 0 saturated carbocycles. The van der Waals surface area contributed by atoms with Gasteiger partial charge in [-0.25, -0.2) is 12.8 Å². The molecule has 6 heteroatoms. The molecule has 118 valence electrons. The van der Waals surface area contributed by atoms with Crippen LogP contribution in [-0.2, 0) is 16.4 Å². The Balaban J connectivity index is 2.06. The number of hydrogen-bond acceptors (Lipinski definition) is 4. The SMILES string of the molecule is CCCNCc1ccc(N2CCCS(=O)(=O)CC2)c(F)c1. The highest BCUT2D eigenvalue weighted by Crippen LogP contribution is 2.22. The predicted octanol–water partition coefficient (Wildman–Crippen LogP) is 1.95. The van der Waals surface area contributed by atoms with Crippen molar-refractivity contribution >= 4 is 15.5 Å². The van der Waals surface area contributed by atoms with Gasteiger partial charge < -0.3 is 10.2 Å². The summed E-state index contributed by atoms with van der Waals surface area (Å²) in [6.07, 6.45) is 1.60. The highest BCUT2D eigenvalue weighted by atomic mass is 32.2. The molecule has 0 bridgehead atoms. The standard InChI is InChI=1S/C15H23FN2O2S/c1-2-6-17-12-13-4-5-15(14(16)11-13)18-7-3-9-21(19,20)10-8-18/h4-5,11,17H,2-3,6-10,12H2,1H3. The van der Waals surface area contributed by atoms with E-state index in [0.717, 1.165) is 18.5 Å². The van der Waals surface area contributed by atoms with Gasteiger partial charge in [0.15, 0.2) is 9.84 Å². The van der Waals surface area contributed by atoms with E-state index in [0.29, 0.717) is 31.7 Å². The van der Waals surface area contributed by atoms with Gasteiger partial charge in [0.05, 0.1) is 17.2 Å². The average Bonchev–Trinajstić information content (AvgIpc) is 2.60. The molecule has 1 aliphatic rings. The number of hydrogen-bond donors (Lipinski definition) is 1. The van der Waals surface area contributed by atoms with E-state index in [1.54, 1.807) is 6.07 Å². The smallest absolute Gasteiger partial charge is 0.152 e. The minimum atomic E-state index is -2.97. The molecule has 1 fully saturated rings. The van der Waals surface area contributed by atoms with Crippen molar-refractivity contribution in [2.75, 3.05) is 36.0 Å². The van der Waals surface area contributed by atoms with Gasteiger partial charge >= 0.3 is 0 Å². The minimum absolute atomic E-state index is 0.103. The lowest BCUT2D eigenvalue weighted by molar-refractivity contribution is 0.596. The molecule has 2 rings (SSSR count). The molecule has 0 spiro atoms. The van der Waals surface area contributed by atoms with Crippen molar-refractivity contribution in [1.29, 1.82) is 0 Å². The lowest BCUT2D eigenvalue weighted by Crippen LogP contribution is -2.27. The third kappa shape index (κ3) is 4.68. The van der Waals surface area contributed by atoms with Crippen LogP contribution in [0.25, 0.3) is 0 Å². The lowest BCUT2D eigenvalue weighted by atomic mass is 10.1. The van der Waals surface area contributed by atoms with Crippen LogP contribution in [-0.4, -0.2) is 39.6 Å². The number of nitrogens with zero attached hydrogens (tertiary/aromatic N) is 1. The Bertz CT molecular complexity index is 575. The van der Waals surface area contributed by atoms with E-state index in [2.05, 4.69) is 12.2 Å². The molecule has 0 amide bonds. The second-order valence-corrected chi connectivity index (χ2v) is 7.76. The molecule has 1 aromatic carbocycles. The first kappa shape index (κ1) is 16.2. The fourth-order valence-electron chi connectivity index (χ4n) is 2.51. The molecule has 4 nitrogen and oxygen atoms in total. The van der Waals surface area contributed by atoms with Crippen LogP contribution < -0.4 is 10.2 Å². The normalized spacial score (nSPS) is 18.5. The average molecular weight is 314 g/mol. The topological polar surface area (TPSA) is 49.4 Å². The molecule has 1 aliphatic heterocycles. The van der Waals surface area contributed by atoms with E-state index in [1.165, 1.54) is 6.07 Å². The first-order valence-corrected chi connectivity index (χ1v) is 9.28. The summed E-state index contributed by atoms with van der Waals surface area (Å²) in [5.41, 5.74) is 1.42. The van der Waals surface area contributed by atoms with Gasteiger partial charge in [0.1, 0.15) is 5.82 Å². The number of benzene rings is 1. The Hall–Kier alpha value is -1.14. The van der Waals surface area contributed by atoms with Gasteiger partial charge in [-0.2, -0.15) is 0 Å². The van der Waals surface area contributed by atoms with E-state index >= 15 is 0 Å². The molecule has 0 atom stereocenters. The summed E-state index contributed by atoms with van der Waals surface area (Å²) in [6, 6.07) is 5.20. The number of sulfone groups is 1. The van der Waals surface area contributed by atoms with Gasteiger partial charge in [-0.05, 0) is 37.1 Å². The van der Waals surface area contributed by atoms with Crippen molar-refractivity contribution < 1.29 is 12.8 Å². The van der Waals surface area contributed by atoms with Crippen LogP contribution in [0.15, 0.2) is 18.2 Å². The molecule has 0 unspecified atom stereocenters. The van der Waals surface area contributed by atoms with Gasteiger partial charge in [-0.15, -0.1) is 0 Å². The van der Waals surface area contributed by atoms with E-state index in [9.17, 15) is 12.8 Å². The van der Waals surface area contributed by atoms with Crippen LogP contribution in [0.3, 0.4) is 0 Å². The van der Waals surface area contributed by atoms with Crippen molar-refractivity contribution in [3.8, 4) is 0 Å². The summed E-state index contributed by atoms with van der Waals surface area (Å²) in [7, 11) is -2.97. The number of anilines is 1. The minimum Gasteiger partial charge on any atom is -0.368 e. The second-order valence-electron chi connectivity index (χ2n) is 5.45. The van der Waals surface area contributed by atoms with E-state index in [4.69, 9.17) is 0 Å². The molecular weight excluding hydrogens is 291 g/mol. The Labute approximate surface area is 126 Å². The maximum Gasteiger partial charge on any atom is 0.152 e. The Kier molecular flexibility index (Phi) is 5.58. The third-order valence-electron chi connectivity index (χ3n) is 3.66. The van der Waals surface area contributed by atoms with Crippen molar-refractivity contribution in [3.05, 3.63) is 29.6 Å². The van der Waals surface area contributed by atoms with Gasteiger partial charge in [0.2, 0.25) is 0 Å². The summed E-state index contributed by atoms with van der Waals surface area (Å²) >= 11 is 0. The number of nitrogens with one attached hydrogen (secondary N) is 1. The van der Waals surface area contributed by atoms with Gasteiger partial charge in [-0.1, -0.05) is 13.0 Å². The summed E-state index contributed by atoms with van der Waals surface area (Å²) in [5, 5.41) is 3.24. The lowest BCUT2D eigenvalue weighted by Gasteiger charge is -2.23. The first-order valence-electron chi connectivity index (χ1n) is 7.46. The van der Waals surface area contributed by atoms with E-state index in [1.807, 2.05) is 11.0 Å². The molecule has 0 radical (unpaired) electrons. The summed E-state index contributed by atoms with van der Waals surface area (Å²) in [6.45, 7) is 4.60. The highest BCUT2D eigenvalue weighted by molar-refractivity contribution is 7.91. The summed E-state index contributed by atoms with van der Waals surface area (Å²) in [4.78, 5) is 1.84. The molecule has 21 heavy (non-hydrogen) atoms. The van der Waals surface area contributed by atoms with Crippen molar-refractivity contribution in [3.63, 3.8) is 0 Å². The maximum atomic E-state index is 14.3. The molecule has 1 saturated heterocycles. The Morgan fingerprint density at radius 2 is 2.10 bits per heavy atom. The maximum absolute atomic E-state index is 14.3. The molecule has 0 aliphatic carbocycles. The summed E-state index contributed by atoms with van der Waals surface area (Å²) < 4.78 is 37.5. The van der Waals surface area contributed by atoms with Crippen LogP contribution in [0, 0.1) is 5.82 Å². The van der Waals surface area contributed by atoms with Crippen LogP contribution in [0.5, 0.6) is 0 Å². The van der Waals surface area contributed by atoms with Crippen molar-refractivity contribution in [2.45, 2.75) is 26.3 Å². The Morgan fingerprint density at radius 3 is 2.81 bits per heavy atom. The first-order chi connectivity index (χ1) is 10.0. The Morgan fingerprint density at radius 1 is 1.29 bits per heavy atom. The summed E-state index contributed by atoms with van der Waals surface area (Å²) in [5.74, 6) is 0.0289. The molecule has 1 heterocycles. The van der Waals surface area contributed by atoms with E-state index in [-0.39, 0.29) is 17.3 Å². The zero-order valence-electron chi connectivity index (χ0n) is 12.4. The van der Waals surface area contributed by atoms with Gasteiger partial charge in [-0.3, -0.25) is 0 Å². The quantitative estimate of drug-likeness (QED) is 0.844. The third-order valence-corrected chi connectivity index (χ3v) is 5.38. The zero-order chi connectivity index (χ0) is 15.3. The monoisotopic (exact) mass is 314 g/mol. The van der Waals surface area contributed by atoms with Crippen molar-refractivity contribution in [2.24, 2.45) is 0 Å². The van der Waals surface area contributed by atoms with Gasteiger partial charge in [0.25, 0.3) is 0 Å². The molecular formula is C15H23FN2O2S. The fraction of sp³-hybridized carbons (Fsp3) is 0.600. The van der Waals surface area contributed by atoms with Crippen LogP contribution >= 0.6 is 0 Å². The number of rotatable bonds is 5.